The Bertz CT molecular complexity index is 785. The molecule has 0 unspecified atom stereocenters. The van der Waals surface area contributed by atoms with E-state index in [1.54, 1.807) is 25.3 Å². The van der Waals surface area contributed by atoms with Crippen LogP contribution >= 0.6 is 0 Å². The maximum atomic E-state index is 9.52. The fourth-order valence-electron chi connectivity index (χ4n) is 2.18. The smallest absolute Gasteiger partial charge is 0.181 e. The molecule has 0 aliphatic heterocycles. The molecule has 3 aromatic rings. The van der Waals surface area contributed by atoms with Crippen LogP contribution in [-0.2, 0) is 0 Å². The number of nitrogens with two attached hydrogens (primary N) is 1. The minimum absolute atomic E-state index is 0.168. The second-order valence-electron chi connectivity index (χ2n) is 4.85. The standard InChI is InChI=1S/C16H16N4O2/c1-22-13-7-3-4-10(9-13)14(17)16-18-15(19-20-16)11-5-2-6-12(21)8-11/h2-9,14,21H,17H2,1H3,(H,18,19,20)/t14-/m1/s1. The van der Waals surface area contributed by atoms with Gasteiger partial charge in [-0.05, 0) is 29.8 Å². The molecule has 0 radical (unpaired) electrons. The number of aromatic amines is 1. The highest BCUT2D eigenvalue weighted by atomic mass is 16.5. The third kappa shape index (κ3) is 2.77. The van der Waals surface area contributed by atoms with Gasteiger partial charge in [0.25, 0.3) is 0 Å². The molecule has 0 bridgehead atoms. The lowest BCUT2D eigenvalue weighted by Gasteiger charge is -2.09. The van der Waals surface area contributed by atoms with Gasteiger partial charge in [0.1, 0.15) is 17.3 Å². The Kier molecular flexibility index (Phi) is 3.76. The largest absolute Gasteiger partial charge is 0.508 e. The normalized spacial score (nSPS) is 12.1. The molecule has 3 rings (SSSR count). The van der Waals surface area contributed by atoms with Gasteiger partial charge < -0.3 is 15.6 Å². The number of nitrogens with zero attached hydrogens (tertiary/aromatic N) is 2. The molecule has 1 aromatic heterocycles. The van der Waals surface area contributed by atoms with Crippen LogP contribution in [0.3, 0.4) is 0 Å². The summed E-state index contributed by atoms with van der Waals surface area (Å²) in [7, 11) is 1.61. The summed E-state index contributed by atoms with van der Waals surface area (Å²) >= 11 is 0. The van der Waals surface area contributed by atoms with E-state index >= 15 is 0 Å². The minimum atomic E-state index is -0.436. The predicted molar refractivity (Wildman–Crippen MR) is 82.5 cm³/mol. The van der Waals surface area contributed by atoms with Gasteiger partial charge in [-0.2, -0.15) is 5.10 Å². The first-order valence-electron chi connectivity index (χ1n) is 6.78. The van der Waals surface area contributed by atoms with E-state index in [-0.39, 0.29) is 5.75 Å². The molecule has 2 aromatic carbocycles. The Hall–Kier alpha value is -2.86. The van der Waals surface area contributed by atoms with Crippen molar-refractivity contribution in [1.29, 1.82) is 0 Å². The van der Waals surface area contributed by atoms with Crippen molar-refractivity contribution in [3.05, 3.63) is 59.9 Å². The maximum absolute atomic E-state index is 9.52. The van der Waals surface area contributed by atoms with Crippen molar-refractivity contribution in [2.75, 3.05) is 7.11 Å². The summed E-state index contributed by atoms with van der Waals surface area (Å²) in [6.07, 6.45) is 0. The summed E-state index contributed by atoms with van der Waals surface area (Å²) in [6.45, 7) is 0. The summed E-state index contributed by atoms with van der Waals surface area (Å²) in [5, 5.41) is 16.5. The number of ether oxygens (including phenoxy) is 1. The maximum Gasteiger partial charge on any atom is 0.181 e. The highest BCUT2D eigenvalue weighted by molar-refractivity contribution is 5.57. The number of aromatic hydroxyl groups is 1. The molecule has 0 saturated heterocycles. The van der Waals surface area contributed by atoms with Crippen LogP contribution in [0.1, 0.15) is 17.4 Å². The van der Waals surface area contributed by atoms with Gasteiger partial charge in [-0.3, -0.25) is 5.10 Å². The number of hydrogen-bond acceptors (Lipinski definition) is 5. The van der Waals surface area contributed by atoms with E-state index in [9.17, 15) is 5.11 Å². The van der Waals surface area contributed by atoms with E-state index in [1.807, 2.05) is 30.3 Å². The molecule has 4 N–H and O–H groups in total. The molecule has 6 heteroatoms. The van der Waals surface area contributed by atoms with Crippen LogP contribution in [-0.4, -0.2) is 27.4 Å². The number of benzene rings is 2. The van der Waals surface area contributed by atoms with Gasteiger partial charge >= 0.3 is 0 Å². The molecule has 112 valence electrons. The molecule has 0 spiro atoms. The highest BCUT2D eigenvalue weighted by Crippen LogP contribution is 2.24. The zero-order chi connectivity index (χ0) is 15.5. The lowest BCUT2D eigenvalue weighted by atomic mass is 10.1. The molecule has 0 fully saturated rings. The van der Waals surface area contributed by atoms with Crippen molar-refractivity contribution in [2.45, 2.75) is 6.04 Å². The monoisotopic (exact) mass is 296 g/mol. The second-order valence-corrected chi connectivity index (χ2v) is 4.85. The first-order chi connectivity index (χ1) is 10.7. The van der Waals surface area contributed by atoms with E-state index in [0.29, 0.717) is 11.6 Å². The highest BCUT2D eigenvalue weighted by Gasteiger charge is 2.15. The first kappa shape index (κ1) is 14.1. The van der Waals surface area contributed by atoms with E-state index in [4.69, 9.17) is 10.5 Å². The molecule has 1 heterocycles. The zero-order valence-electron chi connectivity index (χ0n) is 12.0. The average Bonchev–Trinajstić information content (AvgIpc) is 3.04. The Morgan fingerprint density at radius 1 is 1.18 bits per heavy atom. The third-order valence-corrected chi connectivity index (χ3v) is 3.35. The zero-order valence-corrected chi connectivity index (χ0v) is 12.0. The Labute approximate surface area is 127 Å². The van der Waals surface area contributed by atoms with Gasteiger partial charge in [-0.25, -0.2) is 4.98 Å². The molecular formula is C16H16N4O2. The second kappa shape index (κ2) is 5.87. The molecule has 6 nitrogen and oxygen atoms in total. The third-order valence-electron chi connectivity index (χ3n) is 3.35. The molecule has 1 atom stereocenters. The Balaban J connectivity index is 1.89. The molecule has 0 aliphatic carbocycles. The lowest BCUT2D eigenvalue weighted by molar-refractivity contribution is 0.414. The predicted octanol–water partition coefficient (Wildman–Crippen LogP) is 2.23. The summed E-state index contributed by atoms with van der Waals surface area (Å²) in [5.41, 5.74) is 7.82. The number of rotatable bonds is 4. The van der Waals surface area contributed by atoms with E-state index < -0.39 is 6.04 Å². The molecule has 0 amide bonds. The SMILES string of the molecule is COc1cccc([C@@H](N)c2nc(-c3cccc(O)c3)n[nH]2)c1. The number of phenols is 1. The quantitative estimate of drug-likeness (QED) is 0.686. The van der Waals surface area contributed by atoms with Crippen LogP contribution in [0, 0.1) is 0 Å². The number of methoxy groups -OCH3 is 1. The molecule has 22 heavy (non-hydrogen) atoms. The van der Waals surface area contributed by atoms with E-state index in [2.05, 4.69) is 15.2 Å². The fraction of sp³-hybridized carbons (Fsp3) is 0.125. The van der Waals surface area contributed by atoms with Crippen molar-refractivity contribution >= 4 is 0 Å². The summed E-state index contributed by atoms with van der Waals surface area (Å²) in [4.78, 5) is 4.41. The molecule has 0 aliphatic rings. The van der Waals surface area contributed by atoms with Gasteiger partial charge in [0.15, 0.2) is 5.82 Å². The first-order valence-corrected chi connectivity index (χ1v) is 6.78. The van der Waals surface area contributed by atoms with Crippen molar-refractivity contribution < 1.29 is 9.84 Å². The van der Waals surface area contributed by atoms with E-state index in [0.717, 1.165) is 16.9 Å². The van der Waals surface area contributed by atoms with E-state index in [1.165, 1.54) is 0 Å². The molecular weight excluding hydrogens is 280 g/mol. The number of aromatic nitrogens is 3. The van der Waals surface area contributed by atoms with Gasteiger partial charge in [0.05, 0.1) is 13.2 Å². The van der Waals surface area contributed by atoms with Crippen LogP contribution in [0.2, 0.25) is 0 Å². The Morgan fingerprint density at radius 3 is 2.77 bits per heavy atom. The van der Waals surface area contributed by atoms with Gasteiger partial charge in [-0.1, -0.05) is 24.3 Å². The minimum Gasteiger partial charge on any atom is -0.508 e. The summed E-state index contributed by atoms with van der Waals surface area (Å²) in [5.74, 6) is 1.94. The fourth-order valence-corrected chi connectivity index (χ4v) is 2.18. The average molecular weight is 296 g/mol. The Morgan fingerprint density at radius 2 is 2.00 bits per heavy atom. The van der Waals surface area contributed by atoms with Crippen molar-refractivity contribution in [1.82, 2.24) is 15.2 Å². The number of nitrogens with one attached hydrogen (secondary N) is 1. The van der Waals surface area contributed by atoms with Crippen LogP contribution in [0.25, 0.3) is 11.4 Å². The number of phenolic OH excluding ortho intramolecular Hbond substituents is 1. The van der Waals surface area contributed by atoms with Gasteiger partial charge in [0, 0.05) is 5.56 Å². The topological polar surface area (TPSA) is 97.1 Å². The van der Waals surface area contributed by atoms with Crippen molar-refractivity contribution in [3.63, 3.8) is 0 Å². The van der Waals surface area contributed by atoms with Gasteiger partial charge in [0.2, 0.25) is 0 Å². The van der Waals surface area contributed by atoms with Crippen molar-refractivity contribution in [3.8, 4) is 22.9 Å². The number of hydrogen-bond donors (Lipinski definition) is 3. The van der Waals surface area contributed by atoms with Crippen LogP contribution in [0.15, 0.2) is 48.5 Å². The summed E-state index contributed by atoms with van der Waals surface area (Å²) < 4.78 is 5.20. The van der Waals surface area contributed by atoms with Crippen molar-refractivity contribution in [2.24, 2.45) is 5.73 Å². The van der Waals surface area contributed by atoms with Crippen LogP contribution < -0.4 is 10.5 Å². The summed E-state index contributed by atoms with van der Waals surface area (Å²) in [6, 6.07) is 13.8. The lowest BCUT2D eigenvalue weighted by Crippen LogP contribution is -2.13. The number of H-pyrrole nitrogens is 1. The van der Waals surface area contributed by atoms with Gasteiger partial charge in [-0.15, -0.1) is 0 Å². The van der Waals surface area contributed by atoms with Crippen LogP contribution in [0.5, 0.6) is 11.5 Å². The molecule has 0 saturated carbocycles. The van der Waals surface area contributed by atoms with Crippen LogP contribution in [0.4, 0.5) is 0 Å².